The van der Waals surface area contributed by atoms with Gasteiger partial charge in [-0.25, -0.2) is 0 Å². The Morgan fingerprint density at radius 1 is 1.73 bits per heavy atom. The molecule has 3 nitrogen and oxygen atoms in total. The van der Waals surface area contributed by atoms with Crippen molar-refractivity contribution >= 4 is 23.2 Å². The van der Waals surface area contributed by atoms with Crippen LogP contribution >= 0.6 is 12.2 Å². The van der Waals surface area contributed by atoms with Crippen LogP contribution in [0.2, 0.25) is 0 Å². The maximum absolute atomic E-state index is 11.2. The molecular formula is C7H11NO2S. The highest BCUT2D eigenvalue weighted by Crippen LogP contribution is 2.46. The van der Waals surface area contributed by atoms with Gasteiger partial charge in [0.15, 0.2) is 0 Å². The summed E-state index contributed by atoms with van der Waals surface area (Å²) < 4.78 is 4.82. The molecule has 11 heavy (non-hydrogen) atoms. The Kier molecular flexibility index (Phi) is 2.13. The van der Waals surface area contributed by atoms with Crippen LogP contribution in [0.4, 0.5) is 0 Å². The summed E-state index contributed by atoms with van der Waals surface area (Å²) in [5.41, 5.74) is 4.80. The smallest absolute Gasteiger partial charge is 0.318 e. The Morgan fingerprint density at radius 3 is 2.55 bits per heavy atom. The molecule has 0 atom stereocenters. The van der Waals surface area contributed by atoms with Crippen LogP contribution < -0.4 is 5.73 Å². The fourth-order valence-corrected chi connectivity index (χ4v) is 1.23. The summed E-state index contributed by atoms with van der Waals surface area (Å²) >= 11 is 4.76. The van der Waals surface area contributed by atoms with Crippen molar-refractivity contribution in [3.05, 3.63) is 0 Å². The van der Waals surface area contributed by atoms with Crippen molar-refractivity contribution in [1.82, 2.24) is 0 Å². The molecule has 0 aromatic rings. The van der Waals surface area contributed by atoms with Crippen molar-refractivity contribution in [2.45, 2.75) is 19.8 Å². The Morgan fingerprint density at radius 2 is 2.27 bits per heavy atom. The van der Waals surface area contributed by atoms with E-state index < -0.39 is 5.41 Å². The summed E-state index contributed by atoms with van der Waals surface area (Å²) in [5.74, 6) is -0.257. The fourth-order valence-electron chi connectivity index (χ4n) is 0.945. The molecule has 0 radical (unpaired) electrons. The van der Waals surface area contributed by atoms with E-state index >= 15 is 0 Å². The summed E-state index contributed by atoms with van der Waals surface area (Å²) in [7, 11) is 0. The molecule has 4 heteroatoms. The van der Waals surface area contributed by atoms with Crippen LogP contribution in [0.5, 0.6) is 0 Å². The number of nitrogens with two attached hydrogens (primary N) is 1. The molecule has 0 aliphatic heterocycles. The van der Waals surface area contributed by atoms with Gasteiger partial charge in [-0.05, 0) is 19.8 Å². The van der Waals surface area contributed by atoms with E-state index in [9.17, 15) is 4.79 Å². The van der Waals surface area contributed by atoms with Crippen LogP contribution in [0.3, 0.4) is 0 Å². The van der Waals surface area contributed by atoms with Gasteiger partial charge >= 0.3 is 5.97 Å². The molecule has 2 N–H and O–H groups in total. The summed E-state index contributed by atoms with van der Waals surface area (Å²) in [6.45, 7) is 2.16. The predicted octanol–water partition coefficient (Wildman–Crippen LogP) is 0.616. The molecule has 0 bridgehead atoms. The molecule has 0 heterocycles. The summed E-state index contributed by atoms with van der Waals surface area (Å²) in [4.78, 5) is 11.5. The van der Waals surface area contributed by atoms with Gasteiger partial charge in [-0.15, -0.1) is 0 Å². The molecule has 1 rings (SSSR count). The Bertz CT molecular complexity index is 199. The molecule has 0 unspecified atom stereocenters. The molecule has 0 aromatic carbocycles. The highest BCUT2D eigenvalue weighted by atomic mass is 32.1. The van der Waals surface area contributed by atoms with Gasteiger partial charge in [-0.1, -0.05) is 12.2 Å². The van der Waals surface area contributed by atoms with E-state index in [1.165, 1.54) is 0 Å². The Labute approximate surface area is 70.9 Å². The highest BCUT2D eigenvalue weighted by Gasteiger charge is 2.54. The number of carbonyl (C=O) groups excluding carboxylic acids is 1. The zero-order valence-electron chi connectivity index (χ0n) is 6.42. The minimum atomic E-state index is -0.592. The zero-order valence-corrected chi connectivity index (χ0v) is 7.24. The van der Waals surface area contributed by atoms with Crippen LogP contribution in [0.1, 0.15) is 19.8 Å². The van der Waals surface area contributed by atoms with E-state index in [4.69, 9.17) is 22.7 Å². The molecule has 1 saturated carbocycles. The second-order valence-corrected chi connectivity index (χ2v) is 3.11. The van der Waals surface area contributed by atoms with Gasteiger partial charge in [0.25, 0.3) is 0 Å². The number of carbonyl (C=O) groups is 1. The maximum atomic E-state index is 11.2. The van der Waals surface area contributed by atoms with Crippen LogP contribution in [0, 0.1) is 5.41 Å². The fraction of sp³-hybridized carbons (Fsp3) is 0.714. The first kappa shape index (κ1) is 8.46. The molecule has 62 valence electrons. The molecule has 1 aliphatic carbocycles. The van der Waals surface area contributed by atoms with Crippen molar-refractivity contribution in [2.24, 2.45) is 11.1 Å². The number of thiocarbonyl (C=S) groups is 1. The lowest BCUT2D eigenvalue weighted by atomic mass is 10.1. The van der Waals surface area contributed by atoms with Gasteiger partial charge in [-0.3, -0.25) is 4.79 Å². The van der Waals surface area contributed by atoms with Crippen LogP contribution in [0.15, 0.2) is 0 Å². The number of hydrogen-bond acceptors (Lipinski definition) is 3. The molecule has 0 amide bonds. The minimum absolute atomic E-state index is 0.257. The van der Waals surface area contributed by atoms with Gasteiger partial charge < -0.3 is 10.5 Å². The zero-order chi connectivity index (χ0) is 8.48. The van der Waals surface area contributed by atoms with Gasteiger partial charge in [0.2, 0.25) is 0 Å². The molecule has 0 aromatic heterocycles. The summed E-state index contributed by atoms with van der Waals surface area (Å²) in [6, 6.07) is 0. The van der Waals surface area contributed by atoms with Crippen LogP contribution in [-0.2, 0) is 9.53 Å². The maximum Gasteiger partial charge on any atom is 0.318 e. The van der Waals surface area contributed by atoms with Crippen molar-refractivity contribution < 1.29 is 9.53 Å². The first-order valence-corrected chi connectivity index (χ1v) is 4.01. The van der Waals surface area contributed by atoms with E-state index in [1.807, 2.05) is 0 Å². The second kappa shape index (κ2) is 2.77. The van der Waals surface area contributed by atoms with Crippen LogP contribution in [0.25, 0.3) is 0 Å². The number of ether oxygens (including phenoxy) is 1. The lowest BCUT2D eigenvalue weighted by Gasteiger charge is -2.10. The Balaban J connectivity index is 2.58. The number of rotatable bonds is 3. The molecule has 0 spiro atoms. The lowest BCUT2D eigenvalue weighted by molar-refractivity contribution is -0.146. The van der Waals surface area contributed by atoms with E-state index in [0.29, 0.717) is 6.61 Å². The van der Waals surface area contributed by atoms with Crippen molar-refractivity contribution in [3.8, 4) is 0 Å². The second-order valence-electron chi connectivity index (χ2n) is 2.67. The van der Waals surface area contributed by atoms with Crippen molar-refractivity contribution in [3.63, 3.8) is 0 Å². The topological polar surface area (TPSA) is 52.3 Å². The van der Waals surface area contributed by atoms with E-state index in [2.05, 4.69) is 0 Å². The van der Waals surface area contributed by atoms with Crippen molar-refractivity contribution in [2.75, 3.05) is 6.61 Å². The van der Waals surface area contributed by atoms with E-state index in [-0.39, 0.29) is 11.0 Å². The first-order chi connectivity index (χ1) is 5.13. The van der Waals surface area contributed by atoms with Gasteiger partial charge in [0, 0.05) is 0 Å². The van der Waals surface area contributed by atoms with Gasteiger partial charge in [-0.2, -0.15) is 0 Å². The molecule has 1 aliphatic rings. The van der Waals surface area contributed by atoms with Gasteiger partial charge in [0.05, 0.1) is 11.6 Å². The standard InChI is InChI=1S/C7H11NO2S/c1-2-10-6(9)7(3-4-7)5(8)11/h2-4H2,1H3,(H2,8,11). The lowest BCUT2D eigenvalue weighted by Crippen LogP contribution is -2.32. The van der Waals surface area contributed by atoms with Crippen LogP contribution in [-0.4, -0.2) is 17.6 Å². The highest BCUT2D eigenvalue weighted by molar-refractivity contribution is 7.80. The average molecular weight is 173 g/mol. The number of esters is 1. The summed E-state index contributed by atoms with van der Waals surface area (Å²) in [6.07, 6.45) is 1.50. The molecular weight excluding hydrogens is 162 g/mol. The van der Waals surface area contributed by atoms with E-state index in [1.54, 1.807) is 6.92 Å². The minimum Gasteiger partial charge on any atom is -0.465 e. The predicted molar refractivity (Wildman–Crippen MR) is 45.1 cm³/mol. The third kappa shape index (κ3) is 1.35. The quantitative estimate of drug-likeness (QED) is 0.502. The monoisotopic (exact) mass is 173 g/mol. The molecule has 0 saturated heterocycles. The number of hydrogen-bond donors (Lipinski definition) is 1. The Hall–Kier alpha value is -0.640. The third-order valence-corrected chi connectivity index (χ3v) is 2.28. The summed E-state index contributed by atoms with van der Waals surface area (Å²) in [5, 5.41) is 0. The average Bonchev–Trinajstić information content (AvgIpc) is 2.66. The SMILES string of the molecule is CCOC(=O)C1(C(N)=S)CC1. The van der Waals surface area contributed by atoms with Gasteiger partial charge in [0.1, 0.15) is 5.41 Å². The largest absolute Gasteiger partial charge is 0.465 e. The molecule has 1 fully saturated rings. The first-order valence-electron chi connectivity index (χ1n) is 3.60. The van der Waals surface area contributed by atoms with E-state index in [0.717, 1.165) is 12.8 Å². The third-order valence-electron chi connectivity index (χ3n) is 1.89. The normalized spacial score (nSPS) is 19.0. The van der Waals surface area contributed by atoms with Crippen molar-refractivity contribution in [1.29, 1.82) is 0 Å².